The predicted octanol–water partition coefficient (Wildman–Crippen LogP) is 4.62. The number of carbonyl (C=O) groups excluding carboxylic acids is 1. The van der Waals surface area contributed by atoms with Crippen molar-refractivity contribution in [2.45, 2.75) is 38.8 Å². The number of carbonyl (C=O) groups is 1. The summed E-state index contributed by atoms with van der Waals surface area (Å²) in [6.07, 6.45) is -0.373. The third-order valence-corrected chi connectivity index (χ3v) is 6.71. The van der Waals surface area contributed by atoms with Crippen LogP contribution in [0.1, 0.15) is 29.3 Å². The highest BCUT2D eigenvalue weighted by molar-refractivity contribution is 5.96. The smallest absolute Gasteiger partial charge is 0.227 e. The van der Waals surface area contributed by atoms with Crippen molar-refractivity contribution in [2.75, 3.05) is 25.2 Å². The lowest BCUT2D eigenvalue weighted by atomic mass is 10.1. The van der Waals surface area contributed by atoms with Gasteiger partial charge in [-0.1, -0.05) is 29.8 Å². The number of fused-ring (bicyclic) bond motifs is 1. The number of rotatable bonds is 8. The van der Waals surface area contributed by atoms with Crippen molar-refractivity contribution in [3.63, 3.8) is 0 Å². The quantitative estimate of drug-likeness (QED) is 0.394. The normalized spacial score (nSPS) is 16.5. The van der Waals surface area contributed by atoms with E-state index >= 15 is 0 Å². The molecule has 4 aromatic rings. The molecular weight excluding hydrogens is 454 g/mol. The topological polar surface area (TPSA) is 76.8 Å². The van der Waals surface area contributed by atoms with Crippen LogP contribution in [0.3, 0.4) is 0 Å². The number of amides is 1. The number of anilines is 1. The van der Waals surface area contributed by atoms with E-state index in [1.807, 2.05) is 79.1 Å². The molecule has 7 heteroatoms. The highest BCUT2D eigenvalue weighted by Crippen LogP contribution is 2.34. The Hall–Kier alpha value is -3.84. The van der Waals surface area contributed by atoms with E-state index < -0.39 is 6.10 Å². The van der Waals surface area contributed by atoms with Crippen molar-refractivity contribution in [3.05, 3.63) is 83.7 Å². The van der Waals surface area contributed by atoms with E-state index in [4.69, 9.17) is 14.5 Å². The first-order valence-electron chi connectivity index (χ1n) is 12.2. The zero-order valence-corrected chi connectivity index (χ0v) is 20.8. The molecule has 0 spiro atoms. The Morgan fingerprint density at radius 1 is 1.08 bits per heavy atom. The van der Waals surface area contributed by atoms with Crippen molar-refractivity contribution < 1.29 is 19.4 Å². The number of hydrogen-bond donors (Lipinski definition) is 1. The molecule has 36 heavy (non-hydrogen) atoms. The fraction of sp³-hybridized carbons (Fsp3) is 0.310. The van der Waals surface area contributed by atoms with Gasteiger partial charge in [-0.3, -0.25) is 4.79 Å². The summed E-state index contributed by atoms with van der Waals surface area (Å²) in [7, 11) is 1.62. The van der Waals surface area contributed by atoms with E-state index in [2.05, 4.69) is 6.07 Å². The van der Waals surface area contributed by atoms with Gasteiger partial charge in [-0.2, -0.15) is 0 Å². The summed E-state index contributed by atoms with van der Waals surface area (Å²) in [5, 5.41) is 10.9. The largest absolute Gasteiger partial charge is 0.497 e. The molecule has 1 aliphatic heterocycles. The second-order valence-corrected chi connectivity index (χ2v) is 9.41. The minimum atomic E-state index is -0.739. The SMILES string of the molecule is COc1ccc(N2C[C@H](c3nc4ccccc4n3C[C@H](O)COc3ccc(C)cc3C)CC2=O)cc1. The van der Waals surface area contributed by atoms with Gasteiger partial charge in [0.2, 0.25) is 5.91 Å². The van der Waals surface area contributed by atoms with E-state index in [0.717, 1.165) is 39.6 Å². The molecule has 2 heterocycles. The van der Waals surface area contributed by atoms with Gasteiger partial charge in [0.05, 0.1) is 24.7 Å². The van der Waals surface area contributed by atoms with Crippen LogP contribution in [0.15, 0.2) is 66.7 Å². The summed E-state index contributed by atoms with van der Waals surface area (Å²) in [6.45, 7) is 5.07. The average Bonchev–Trinajstić information content (AvgIpc) is 3.44. The molecule has 1 N–H and O–H groups in total. The Balaban J connectivity index is 1.36. The van der Waals surface area contributed by atoms with Crippen LogP contribution in [0.4, 0.5) is 5.69 Å². The summed E-state index contributed by atoms with van der Waals surface area (Å²) in [5.41, 5.74) is 4.84. The maximum atomic E-state index is 13.0. The first kappa shape index (κ1) is 23.9. The van der Waals surface area contributed by atoms with Gasteiger partial charge in [-0.25, -0.2) is 4.98 Å². The van der Waals surface area contributed by atoms with Gasteiger partial charge in [0.15, 0.2) is 0 Å². The Morgan fingerprint density at radius 3 is 2.61 bits per heavy atom. The van der Waals surface area contributed by atoms with Crippen LogP contribution >= 0.6 is 0 Å². The number of hydrogen-bond acceptors (Lipinski definition) is 5. The third-order valence-electron chi connectivity index (χ3n) is 6.71. The van der Waals surface area contributed by atoms with Crippen LogP contribution in [0.2, 0.25) is 0 Å². The molecule has 0 saturated carbocycles. The molecule has 0 radical (unpaired) electrons. The lowest BCUT2D eigenvalue weighted by Crippen LogP contribution is -2.26. The van der Waals surface area contributed by atoms with Gasteiger partial charge >= 0.3 is 0 Å². The van der Waals surface area contributed by atoms with Gasteiger partial charge in [-0.15, -0.1) is 0 Å². The number of aliphatic hydroxyl groups excluding tert-OH is 1. The lowest BCUT2D eigenvalue weighted by molar-refractivity contribution is -0.117. The van der Waals surface area contributed by atoms with Crippen LogP contribution < -0.4 is 14.4 Å². The Kier molecular flexibility index (Phi) is 6.65. The van der Waals surface area contributed by atoms with E-state index in [1.165, 1.54) is 5.56 Å². The second-order valence-electron chi connectivity index (χ2n) is 9.41. The van der Waals surface area contributed by atoms with Crippen LogP contribution in [-0.2, 0) is 11.3 Å². The van der Waals surface area contributed by atoms with Gasteiger partial charge in [0, 0.05) is 24.6 Å². The standard InChI is InChI=1S/C29H31N3O4/c1-19-8-13-27(20(2)14-19)36-18-23(33)17-32-26-7-5-4-6-25(26)30-29(32)21-15-28(34)31(16-21)22-9-11-24(35-3)12-10-22/h4-14,21,23,33H,15-18H2,1-3H3/t21-,23+/m1/s1. The summed E-state index contributed by atoms with van der Waals surface area (Å²) in [6, 6.07) is 21.4. The average molecular weight is 486 g/mol. The highest BCUT2D eigenvalue weighted by atomic mass is 16.5. The number of benzene rings is 3. The molecule has 0 bridgehead atoms. The summed E-state index contributed by atoms with van der Waals surface area (Å²) < 4.78 is 13.2. The fourth-order valence-electron chi connectivity index (χ4n) is 4.90. The molecule has 1 aliphatic rings. The first-order chi connectivity index (χ1) is 17.4. The molecule has 1 saturated heterocycles. The monoisotopic (exact) mass is 485 g/mol. The number of aliphatic hydroxyl groups is 1. The lowest BCUT2D eigenvalue weighted by Gasteiger charge is -2.19. The van der Waals surface area contributed by atoms with Gasteiger partial charge < -0.3 is 24.0 Å². The molecule has 5 rings (SSSR count). The molecule has 1 amide bonds. The fourth-order valence-corrected chi connectivity index (χ4v) is 4.90. The molecule has 3 aromatic carbocycles. The summed E-state index contributed by atoms with van der Waals surface area (Å²) >= 11 is 0. The van der Waals surface area contributed by atoms with E-state index in [1.54, 1.807) is 12.0 Å². The third kappa shape index (κ3) is 4.79. The molecule has 0 aliphatic carbocycles. The molecule has 2 atom stereocenters. The molecule has 0 unspecified atom stereocenters. The number of imidazole rings is 1. The maximum absolute atomic E-state index is 13.0. The van der Waals surface area contributed by atoms with Crippen molar-refractivity contribution in [3.8, 4) is 11.5 Å². The Labute approximate surface area is 210 Å². The molecule has 186 valence electrons. The number of ether oxygens (including phenoxy) is 2. The van der Waals surface area contributed by atoms with Gasteiger partial charge in [0.25, 0.3) is 0 Å². The zero-order chi connectivity index (χ0) is 25.2. The van der Waals surface area contributed by atoms with E-state index in [0.29, 0.717) is 19.5 Å². The minimum absolute atomic E-state index is 0.0579. The number of aromatic nitrogens is 2. The van der Waals surface area contributed by atoms with Crippen LogP contribution in [0, 0.1) is 13.8 Å². The van der Waals surface area contributed by atoms with Gasteiger partial charge in [0.1, 0.15) is 30.0 Å². The van der Waals surface area contributed by atoms with Crippen molar-refractivity contribution in [1.82, 2.24) is 9.55 Å². The molecule has 1 aromatic heterocycles. The molecule has 1 fully saturated rings. The van der Waals surface area contributed by atoms with Crippen molar-refractivity contribution >= 4 is 22.6 Å². The van der Waals surface area contributed by atoms with E-state index in [-0.39, 0.29) is 18.4 Å². The van der Waals surface area contributed by atoms with E-state index in [9.17, 15) is 9.90 Å². The number of nitrogens with zero attached hydrogens (tertiary/aromatic N) is 3. The number of methoxy groups -OCH3 is 1. The Morgan fingerprint density at radius 2 is 1.86 bits per heavy atom. The van der Waals surface area contributed by atoms with Crippen molar-refractivity contribution in [2.24, 2.45) is 0 Å². The van der Waals surface area contributed by atoms with Gasteiger partial charge in [-0.05, 0) is 61.9 Å². The molecular formula is C29H31N3O4. The predicted molar refractivity (Wildman–Crippen MR) is 140 cm³/mol. The number of para-hydroxylation sites is 2. The summed E-state index contributed by atoms with van der Waals surface area (Å²) in [4.78, 5) is 19.7. The molecule has 7 nitrogen and oxygen atoms in total. The zero-order valence-electron chi connectivity index (χ0n) is 20.8. The summed E-state index contributed by atoms with van der Waals surface area (Å²) in [5.74, 6) is 2.31. The maximum Gasteiger partial charge on any atom is 0.227 e. The second kappa shape index (κ2) is 10.0. The first-order valence-corrected chi connectivity index (χ1v) is 12.2. The number of aryl methyl sites for hydroxylation is 2. The van der Waals surface area contributed by atoms with Crippen LogP contribution in [0.5, 0.6) is 11.5 Å². The van der Waals surface area contributed by atoms with Crippen molar-refractivity contribution in [1.29, 1.82) is 0 Å². The Bertz CT molecular complexity index is 1380. The van der Waals surface area contributed by atoms with Crippen LogP contribution in [-0.4, -0.2) is 46.9 Å². The highest BCUT2D eigenvalue weighted by Gasteiger charge is 2.35. The minimum Gasteiger partial charge on any atom is -0.497 e. The van der Waals surface area contributed by atoms with Crippen LogP contribution in [0.25, 0.3) is 11.0 Å².